The normalized spacial score (nSPS) is 21.7. The van der Waals surface area contributed by atoms with Gasteiger partial charge in [0.1, 0.15) is 0 Å². The highest BCUT2D eigenvalue weighted by atomic mass is 19.4. The molecule has 0 saturated heterocycles. The highest BCUT2D eigenvalue weighted by Gasteiger charge is 2.35. The number of carbonyl (C=O) groups excluding carboxylic acids is 1. The van der Waals surface area contributed by atoms with Crippen molar-refractivity contribution in [3.05, 3.63) is 76.9 Å². The summed E-state index contributed by atoms with van der Waals surface area (Å²) in [6.07, 6.45) is 4.78. The van der Waals surface area contributed by atoms with Gasteiger partial charge in [0.15, 0.2) is 0 Å². The van der Waals surface area contributed by atoms with Gasteiger partial charge in [0.2, 0.25) is 5.91 Å². The van der Waals surface area contributed by atoms with Crippen molar-refractivity contribution in [2.24, 2.45) is 5.92 Å². The number of alkyl halides is 3. The first-order valence-corrected chi connectivity index (χ1v) is 11.8. The average Bonchev–Trinajstić information content (AvgIpc) is 2.82. The Morgan fingerprint density at radius 2 is 1.79 bits per heavy atom. The molecule has 0 radical (unpaired) electrons. The predicted molar refractivity (Wildman–Crippen MR) is 124 cm³/mol. The van der Waals surface area contributed by atoms with E-state index in [9.17, 15) is 18.0 Å². The third-order valence-electron chi connectivity index (χ3n) is 6.92. The summed E-state index contributed by atoms with van der Waals surface area (Å²) < 4.78 is 39.8. The van der Waals surface area contributed by atoms with Gasteiger partial charge in [0, 0.05) is 25.2 Å². The third-order valence-corrected chi connectivity index (χ3v) is 6.92. The number of benzene rings is 2. The first-order chi connectivity index (χ1) is 15.9. The van der Waals surface area contributed by atoms with Crippen molar-refractivity contribution >= 4 is 12.0 Å². The molecule has 0 atom stereocenters. The van der Waals surface area contributed by atoms with Gasteiger partial charge in [0.05, 0.1) is 5.56 Å². The minimum Gasteiger partial charge on any atom is -0.350 e. The van der Waals surface area contributed by atoms with Crippen LogP contribution in [0.3, 0.4) is 0 Å². The Morgan fingerprint density at radius 1 is 1.03 bits per heavy atom. The summed E-state index contributed by atoms with van der Waals surface area (Å²) in [5.74, 6) is 0.563. The molecule has 1 heterocycles. The number of hydrogen-bond donors (Lipinski definition) is 1. The van der Waals surface area contributed by atoms with E-state index in [0.29, 0.717) is 31.0 Å². The maximum atomic E-state index is 13.3. The summed E-state index contributed by atoms with van der Waals surface area (Å²) in [5, 5.41) is 3.12. The fourth-order valence-electron chi connectivity index (χ4n) is 5.07. The van der Waals surface area contributed by atoms with Crippen LogP contribution in [0.15, 0.2) is 54.6 Å². The third kappa shape index (κ3) is 6.47. The summed E-state index contributed by atoms with van der Waals surface area (Å²) in [6, 6.07) is 14.5. The molecule has 2 aromatic rings. The molecular weight excluding hydrogens is 425 g/mol. The van der Waals surface area contributed by atoms with Crippen LogP contribution in [0.1, 0.15) is 54.4 Å². The SMILES string of the molecule is O=C(C=Cc1ccccc1)NC1CCC(CCN2CCc3c(cccc3C(F)(F)F)C2)CC1. The van der Waals surface area contributed by atoms with Crippen LogP contribution in [0, 0.1) is 5.92 Å². The van der Waals surface area contributed by atoms with Crippen LogP contribution in [-0.2, 0) is 23.9 Å². The molecule has 0 unspecified atom stereocenters. The Hall–Kier alpha value is -2.60. The highest BCUT2D eigenvalue weighted by molar-refractivity contribution is 5.91. The molecule has 2 aromatic carbocycles. The number of rotatable bonds is 6. The van der Waals surface area contributed by atoms with Crippen molar-refractivity contribution in [1.29, 1.82) is 0 Å². The summed E-state index contributed by atoms with van der Waals surface area (Å²) >= 11 is 0. The Kier molecular flexibility index (Phi) is 7.53. The smallest absolute Gasteiger partial charge is 0.350 e. The zero-order chi connectivity index (χ0) is 23.3. The van der Waals surface area contributed by atoms with Crippen LogP contribution in [0.25, 0.3) is 6.08 Å². The second-order valence-corrected chi connectivity index (χ2v) is 9.23. The standard InChI is InChI=1S/C27H31F3N2O/c28-27(29,30)25-8-4-7-22-19-32(18-16-24(22)25)17-15-21-9-12-23(13-10-21)31-26(33)14-11-20-5-2-1-3-6-20/h1-8,11,14,21,23H,9-10,12-13,15-19H2,(H,31,33). The molecule has 176 valence electrons. The molecule has 1 aliphatic heterocycles. The monoisotopic (exact) mass is 456 g/mol. The lowest BCUT2D eigenvalue weighted by Gasteiger charge is -2.33. The maximum Gasteiger partial charge on any atom is 0.416 e. The van der Waals surface area contributed by atoms with E-state index < -0.39 is 11.7 Å². The number of hydrogen-bond acceptors (Lipinski definition) is 2. The van der Waals surface area contributed by atoms with E-state index in [-0.39, 0.29) is 11.9 Å². The van der Waals surface area contributed by atoms with E-state index >= 15 is 0 Å². The van der Waals surface area contributed by atoms with Gasteiger partial charge in [-0.3, -0.25) is 9.69 Å². The van der Waals surface area contributed by atoms with E-state index in [4.69, 9.17) is 0 Å². The van der Waals surface area contributed by atoms with Crippen LogP contribution in [0.2, 0.25) is 0 Å². The molecule has 3 nitrogen and oxygen atoms in total. The lowest BCUT2D eigenvalue weighted by Crippen LogP contribution is -2.37. The predicted octanol–water partition coefficient (Wildman–Crippen LogP) is 5.84. The van der Waals surface area contributed by atoms with Crippen molar-refractivity contribution in [3.8, 4) is 0 Å². The van der Waals surface area contributed by atoms with E-state index in [1.54, 1.807) is 6.08 Å². The van der Waals surface area contributed by atoms with Crippen molar-refractivity contribution < 1.29 is 18.0 Å². The summed E-state index contributed by atoms with van der Waals surface area (Å²) in [7, 11) is 0. The molecular formula is C27H31F3N2O. The number of nitrogens with zero attached hydrogens (tertiary/aromatic N) is 1. The molecule has 33 heavy (non-hydrogen) atoms. The zero-order valence-electron chi connectivity index (χ0n) is 18.8. The Bertz CT molecular complexity index is 963. The molecule has 1 amide bonds. The van der Waals surface area contributed by atoms with Crippen molar-refractivity contribution in [1.82, 2.24) is 10.2 Å². The van der Waals surface area contributed by atoms with Crippen LogP contribution in [0.4, 0.5) is 13.2 Å². The number of halogens is 3. The van der Waals surface area contributed by atoms with Crippen molar-refractivity contribution in [2.45, 2.75) is 57.3 Å². The molecule has 0 spiro atoms. The second kappa shape index (κ2) is 10.6. The molecule has 0 bridgehead atoms. The number of amides is 1. The van der Waals surface area contributed by atoms with Gasteiger partial charge >= 0.3 is 6.18 Å². The maximum absolute atomic E-state index is 13.3. The molecule has 6 heteroatoms. The molecule has 0 aromatic heterocycles. The Labute approximate surface area is 193 Å². The Balaban J connectivity index is 1.19. The second-order valence-electron chi connectivity index (χ2n) is 9.23. The van der Waals surface area contributed by atoms with Gasteiger partial charge in [-0.2, -0.15) is 13.2 Å². The minimum absolute atomic E-state index is 0.0486. The summed E-state index contributed by atoms with van der Waals surface area (Å²) in [6.45, 7) is 2.19. The molecule has 1 fully saturated rings. The van der Waals surface area contributed by atoms with Crippen LogP contribution >= 0.6 is 0 Å². The number of carbonyl (C=O) groups is 1. The van der Waals surface area contributed by atoms with E-state index in [0.717, 1.165) is 49.8 Å². The highest BCUT2D eigenvalue weighted by Crippen LogP contribution is 2.36. The lowest BCUT2D eigenvalue weighted by atomic mass is 9.83. The summed E-state index contributed by atoms with van der Waals surface area (Å²) in [4.78, 5) is 14.5. The van der Waals surface area contributed by atoms with Crippen molar-refractivity contribution in [3.63, 3.8) is 0 Å². The number of nitrogens with one attached hydrogen (secondary N) is 1. The van der Waals surface area contributed by atoms with Gasteiger partial charge < -0.3 is 5.32 Å². The van der Waals surface area contributed by atoms with Gasteiger partial charge in [0.25, 0.3) is 0 Å². The largest absolute Gasteiger partial charge is 0.416 e. The Morgan fingerprint density at radius 3 is 2.52 bits per heavy atom. The molecule has 1 saturated carbocycles. The molecule has 1 aliphatic carbocycles. The molecule has 2 aliphatic rings. The van der Waals surface area contributed by atoms with E-state index in [1.807, 2.05) is 42.5 Å². The fraction of sp³-hybridized carbons (Fsp3) is 0.444. The molecule has 4 rings (SSSR count). The van der Waals surface area contributed by atoms with Gasteiger partial charge in [-0.15, -0.1) is 0 Å². The quantitative estimate of drug-likeness (QED) is 0.554. The first kappa shape index (κ1) is 23.6. The fourth-order valence-corrected chi connectivity index (χ4v) is 5.07. The average molecular weight is 457 g/mol. The van der Waals surface area contributed by atoms with Crippen LogP contribution < -0.4 is 5.32 Å². The lowest BCUT2D eigenvalue weighted by molar-refractivity contribution is -0.138. The summed E-state index contributed by atoms with van der Waals surface area (Å²) in [5.41, 5.74) is 1.81. The van der Waals surface area contributed by atoms with E-state index in [2.05, 4.69) is 10.2 Å². The minimum atomic E-state index is -4.28. The van der Waals surface area contributed by atoms with Gasteiger partial charge in [-0.25, -0.2) is 0 Å². The van der Waals surface area contributed by atoms with Crippen LogP contribution in [0.5, 0.6) is 0 Å². The zero-order valence-corrected chi connectivity index (χ0v) is 18.8. The van der Waals surface area contributed by atoms with Crippen molar-refractivity contribution in [2.75, 3.05) is 13.1 Å². The van der Waals surface area contributed by atoms with Gasteiger partial charge in [-0.05, 0) is 79.8 Å². The molecule has 1 N–H and O–H groups in total. The number of fused-ring (bicyclic) bond motifs is 1. The van der Waals surface area contributed by atoms with Crippen LogP contribution in [-0.4, -0.2) is 29.9 Å². The van der Waals surface area contributed by atoms with Gasteiger partial charge in [-0.1, -0.05) is 42.5 Å². The topological polar surface area (TPSA) is 32.3 Å². The first-order valence-electron chi connectivity index (χ1n) is 11.8. The van der Waals surface area contributed by atoms with E-state index in [1.165, 1.54) is 12.1 Å².